The van der Waals surface area contributed by atoms with Gasteiger partial charge in [0.1, 0.15) is 29.9 Å². The standard InChI is InChI=1S/C22H40N2O5S/c1-12(2)16(20-18(26)17(25)19(27)22(29-20)30-3)24-21(28)15-11-14(9-10-23-15)8-7-13-5-4-6-13/h12-20,22-23,25-27H,4-11H2,1-3H3,(H,24,28). The van der Waals surface area contributed by atoms with Crippen molar-refractivity contribution in [2.45, 2.75) is 101 Å². The van der Waals surface area contributed by atoms with Crippen LogP contribution in [0.15, 0.2) is 0 Å². The largest absolute Gasteiger partial charge is 0.388 e. The SMILES string of the molecule is CSC1OC(C(NC(=O)C2CC(CCC3CCC3)CCN2)C(C)C)C(O)C(O)C1O. The van der Waals surface area contributed by atoms with Crippen molar-refractivity contribution < 1.29 is 24.9 Å². The fourth-order valence-electron chi connectivity index (χ4n) is 4.97. The van der Waals surface area contributed by atoms with E-state index in [1.54, 1.807) is 6.26 Å². The van der Waals surface area contributed by atoms with Gasteiger partial charge in [0, 0.05) is 0 Å². The molecule has 0 aromatic heterocycles. The predicted octanol–water partition coefficient (Wildman–Crippen LogP) is 1.25. The van der Waals surface area contributed by atoms with Gasteiger partial charge < -0.3 is 30.7 Å². The highest BCUT2D eigenvalue weighted by atomic mass is 32.2. The number of carbonyl (C=O) groups excluding carboxylic acids is 1. The number of aliphatic hydroxyl groups excluding tert-OH is 3. The molecule has 1 saturated carbocycles. The lowest BCUT2D eigenvalue weighted by molar-refractivity contribution is -0.208. The van der Waals surface area contributed by atoms with Crippen molar-refractivity contribution in [1.29, 1.82) is 0 Å². The molecule has 3 fully saturated rings. The first-order valence-corrected chi connectivity index (χ1v) is 12.9. The second-order valence-electron chi connectivity index (χ2n) is 9.73. The van der Waals surface area contributed by atoms with Gasteiger partial charge in [0.15, 0.2) is 0 Å². The third-order valence-corrected chi connectivity index (χ3v) is 8.11. The minimum absolute atomic E-state index is 0.00319. The van der Waals surface area contributed by atoms with Crippen LogP contribution < -0.4 is 10.6 Å². The number of piperidine rings is 1. The molecular weight excluding hydrogens is 404 g/mol. The van der Waals surface area contributed by atoms with Crippen LogP contribution in [0.2, 0.25) is 0 Å². The average molecular weight is 445 g/mol. The molecule has 2 heterocycles. The molecule has 8 unspecified atom stereocenters. The third-order valence-electron chi connectivity index (χ3n) is 7.26. The summed E-state index contributed by atoms with van der Waals surface area (Å²) in [5.74, 6) is 1.40. The van der Waals surface area contributed by atoms with Crippen molar-refractivity contribution in [2.75, 3.05) is 12.8 Å². The number of thioether (sulfide) groups is 1. The van der Waals surface area contributed by atoms with E-state index in [1.807, 2.05) is 13.8 Å². The molecule has 0 spiro atoms. The van der Waals surface area contributed by atoms with Crippen LogP contribution in [0.5, 0.6) is 0 Å². The lowest BCUT2D eigenvalue weighted by Crippen LogP contribution is -2.65. The van der Waals surface area contributed by atoms with Gasteiger partial charge in [-0.05, 0) is 43.4 Å². The van der Waals surface area contributed by atoms with Gasteiger partial charge in [-0.15, -0.1) is 11.8 Å². The zero-order valence-corrected chi connectivity index (χ0v) is 19.3. The van der Waals surface area contributed by atoms with Gasteiger partial charge in [-0.25, -0.2) is 0 Å². The number of rotatable bonds is 8. The van der Waals surface area contributed by atoms with Crippen LogP contribution in [0.1, 0.15) is 58.8 Å². The van der Waals surface area contributed by atoms with Crippen LogP contribution in [0.25, 0.3) is 0 Å². The van der Waals surface area contributed by atoms with E-state index in [-0.39, 0.29) is 17.9 Å². The van der Waals surface area contributed by atoms with Crippen molar-refractivity contribution in [2.24, 2.45) is 17.8 Å². The Balaban J connectivity index is 1.59. The number of amides is 1. The summed E-state index contributed by atoms with van der Waals surface area (Å²) in [6.45, 7) is 4.77. The maximum atomic E-state index is 13.1. The van der Waals surface area contributed by atoms with Gasteiger partial charge in [-0.2, -0.15) is 0 Å². The second kappa shape index (κ2) is 11.0. The third kappa shape index (κ3) is 5.70. The van der Waals surface area contributed by atoms with Gasteiger partial charge in [-0.1, -0.05) is 46.0 Å². The normalized spacial score (nSPS) is 38.8. The van der Waals surface area contributed by atoms with Crippen LogP contribution in [-0.4, -0.2) is 76.0 Å². The first-order valence-electron chi connectivity index (χ1n) is 11.6. The van der Waals surface area contributed by atoms with Crippen LogP contribution >= 0.6 is 11.8 Å². The molecule has 0 bridgehead atoms. The van der Waals surface area contributed by atoms with Crippen LogP contribution in [-0.2, 0) is 9.53 Å². The Morgan fingerprint density at radius 2 is 1.80 bits per heavy atom. The van der Waals surface area contributed by atoms with E-state index < -0.39 is 35.9 Å². The first kappa shape index (κ1) is 24.3. The number of carbonyl (C=O) groups is 1. The average Bonchev–Trinajstić information content (AvgIpc) is 2.69. The molecule has 3 rings (SSSR count). The van der Waals surface area contributed by atoms with Crippen LogP contribution in [0.4, 0.5) is 0 Å². The molecular formula is C22H40N2O5S. The summed E-state index contributed by atoms with van der Waals surface area (Å²) in [7, 11) is 0. The fourth-order valence-corrected chi connectivity index (χ4v) is 5.65. The summed E-state index contributed by atoms with van der Waals surface area (Å²) in [6.07, 6.45) is 5.84. The summed E-state index contributed by atoms with van der Waals surface area (Å²) < 4.78 is 5.91. The molecule has 30 heavy (non-hydrogen) atoms. The fraction of sp³-hybridized carbons (Fsp3) is 0.955. The molecule has 2 aliphatic heterocycles. The lowest BCUT2D eigenvalue weighted by atomic mass is 9.78. The molecule has 0 aromatic rings. The van der Waals surface area contributed by atoms with Crippen LogP contribution in [0, 0.1) is 17.8 Å². The highest BCUT2D eigenvalue weighted by Crippen LogP contribution is 2.34. The Bertz CT molecular complexity index is 560. The van der Waals surface area contributed by atoms with Gasteiger partial charge in [0.05, 0.1) is 12.1 Å². The minimum atomic E-state index is -1.30. The van der Waals surface area contributed by atoms with E-state index in [0.29, 0.717) is 5.92 Å². The summed E-state index contributed by atoms with van der Waals surface area (Å²) in [5, 5.41) is 37.4. The molecule has 3 aliphatic rings. The van der Waals surface area contributed by atoms with Crippen molar-refractivity contribution >= 4 is 17.7 Å². The Morgan fingerprint density at radius 3 is 2.40 bits per heavy atom. The van der Waals surface area contributed by atoms with Crippen molar-refractivity contribution in [3.05, 3.63) is 0 Å². The van der Waals surface area contributed by atoms with E-state index in [4.69, 9.17) is 4.74 Å². The van der Waals surface area contributed by atoms with Gasteiger partial charge in [0.2, 0.25) is 5.91 Å². The monoisotopic (exact) mass is 444 g/mol. The molecule has 174 valence electrons. The van der Waals surface area contributed by atoms with Crippen molar-refractivity contribution in [1.82, 2.24) is 10.6 Å². The summed E-state index contributed by atoms with van der Waals surface area (Å²) in [4.78, 5) is 13.1. The maximum absolute atomic E-state index is 13.1. The van der Waals surface area contributed by atoms with Gasteiger partial charge >= 0.3 is 0 Å². The molecule has 1 aliphatic carbocycles. The van der Waals surface area contributed by atoms with E-state index in [9.17, 15) is 20.1 Å². The highest BCUT2D eigenvalue weighted by Gasteiger charge is 2.47. The zero-order valence-electron chi connectivity index (χ0n) is 18.5. The number of nitrogens with one attached hydrogen (secondary N) is 2. The molecule has 0 radical (unpaired) electrons. The molecule has 2 saturated heterocycles. The maximum Gasteiger partial charge on any atom is 0.237 e. The Kier molecular flexibility index (Phi) is 8.87. The summed E-state index contributed by atoms with van der Waals surface area (Å²) in [5.41, 5.74) is -0.643. The topological polar surface area (TPSA) is 111 Å². The molecule has 7 nitrogen and oxygen atoms in total. The summed E-state index contributed by atoms with van der Waals surface area (Å²) >= 11 is 1.29. The van der Waals surface area contributed by atoms with Crippen molar-refractivity contribution in [3.63, 3.8) is 0 Å². The smallest absolute Gasteiger partial charge is 0.237 e. The Labute approximate surface area is 184 Å². The number of aliphatic hydroxyl groups is 3. The predicted molar refractivity (Wildman–Crippen MR) is 118 cm³/mol. The molecule has 1 amide bonds. The van der Waals surface area contributed by atoms with Gasteiger partial charge in [0.25, 0.3) is 0 Å². The highest BCUT2D eigenvalue weighted by molar-refractivity contribution is 7.99. The van der Waals surface area contributed by atoms with E-state index >= 15 is 0 Å². The number of ether oxygens (including phenoxy) is 1. The van der Waals surface area contributed by atoms with Crippen molar-refractivity contribution in [3.8, 4) is 0 Å². The van der Waals surface area contributed by atoms with E-state index in [2.05, 4.69) is 10.6 Å². The van der Waals surface area contributed by atoms with Crippen LogP contribution in [0.3, 0.4) is 0 Å². The second-order valence-corrected chi connectivity index (χ2v) is 10.7. The number of hydrogen-bond donors (Lipinski definition) is 5. The zero-order chi connectivity index (χ0) is 21.8. The van der Waals surface area contributed by atoms with E-state index in [0.717, 1.165) is 25.3 Å². The van der Waals surface area contributed by atoms with E-state index in [1.165, 1.54) is 43.9 Å². The number of hydrogen-bond acceptors (Lipinski definition) is 7. The molecule has 8 heteroatoms. The quantitative estimate of drug-likeness (QED) is 0.383. The van der Waals surface area contributed by atoms with Gasteiger partial charge in [-0.3, -0.25) is 4.79 Å². The Hall–Kier alpha value is -0.380. The minimum Gasteiger partial charge on any atom is -0.388 e. The Morgan fingerprint density at radius 1 is 1.10 bits per heavy atom. The molecule has 0 aromatic carbocycles. The first-order chi connectivity index (χ1) is 14.3. The summed E-state index contributed by atoms with van der Waals surface area (Å²) in [6, 6.07) is -0.694. The lowest BCUT2D eigenvalue weighted by Gasteiger charge is -2.44. The molecule has 8 atom stereocenters. The molecule has 5 N–H and O–H groups in total.